The second kappa shape index (κ2) is 6.92. The van der Waals surface area contributed by atoms with E-state index in [0.717, 1.165) is 5.52 Å². The number of nitrogens with one attached hydrogen (secondary N) is 1. The Hall–Kier alpha value is -0.846. The Morgan fingerprint density at radius 2 is 2.17 bits per heavy atom. The van der Waals surface area contributed by atoms with Gasteiger partial charge in [0.25, 0.3) is 4.84 Å². The zero-order valence-electron chi connectivity index (χ0n) is 10.0. The molecule has 0 atom stereocenters. The van der Waals surface area contributed by atoms with E-state index in [0.29, 0.717) is 11.5 Å². The molecule has 1 N–H and O–H groups in total. The van der Waals surface area contributed by atoms with Crippen LogP contribution >= 0.6 is 12.2 Å². The van der Waals surface area contributed by atoms with Crippen molar-refractivity contribution in [3.8, 4) is 11.5 Å². The molecule has 3 heterocycles. The monoisotopic (exact) mass is 336 g/mol. The number of aromatic nitrogens is 4. The number of aromatic amines is 1. The summed E-state index contributed by atoms with van der Waals surface area (Å²) < 4.78 is 6.90. The molecule has 0 aromatic carbocycles. The first kappa shape index (κ1) is 15.2. The summed E-state index contributed by atoms with van der Waals surface area (Å²) in [6.07, 6.45) is 4.66. The molecule has 0 aliphatic heterocycles. The van der Waals surface area contributed by atoms with Crippen molar-refractivity contribution >= 4 is 17.7 Å². The van der Waals surface area contributed by atoms with Gasteiger partial charge in [-0.15, -0.1) is 0 Å². The molecule has 5 nitrogen and oxygen atoms in total. The molecule has 0 aliphatic carbocycles. The zero-order chi connectivity index (χ0) is 12.3. The van der Waals surface area contributed by atoms with E-state index in [1.165, 1.54) is 0 Å². The maximum atomic E-state index is 5.20. The maximum absolute atomic E-state index is 5.20. The number of hydrogen-bond donors (Lipinski definition) is 1. The molecule has 0 aliphatic rings. The van der Waals surface area contributed by atoms with E-state index in [9.17, 15) is 0 Å². The number of hydrogen-bond acceptors (Lipinski definition) is 4. The molecule has 7 heteroatoms. The Bertz CT molecular complexity index is 673. The minimum Gasteiger partial charge on any atom is -0.474 e. The molecule has 0 fully saturated rings. The smallest absolute Gasteiger partial charge is 0.271 e. The van der Waals surface area contributed by atoms with Crippen LogP contribution in [-0.4, -0.2) is 19.8 Å². The zero-order valence-corrected chi connectivity index (χ0v) is 13.7. The molecule has 0 spiro atoms. The summed E-state index contributed by atoms with van der Waals surface area (Å²) >= 11 is 4.80. The van der Waals surface area contributed by atoms with Crippen molar-refractivity contribution in [3.05, 3.63) is 35.4 Å². The van der Waals surface area contributed by atoms with E-state index < -0.39 is 0 Å². The third kappa shape index (κ3) is 2.94. The van der Waals surface area contributed by atoms with Crippen LogP contribution in [0.15, 0.2) is 28.8 Å². The number of fused-ring (bicyclic) bond motifs is 1. The normalized spacial score (nSPS) is 9.44. The minimum atomic E-state index is 0. The fourth-order valence-corrected chi connectivity index (χ4v) is 1.50. The number of H-pyrrole nitrogens is 1. The Balaban J connectivity index is 0.000000516. The Morgan fingerprint density at radius 1 is 1.39 bits per heavy atom. The Morgan fingerprint density at radius 3 is 2.83 bits per heavy atom. The van der Waals surface area contributed by atoms with Crippen molar-refractivity contribution in [2.75, 3.05) is 0 Å². The Kier molecular flexibility index (Phi) is 5.85. The van der Waals surface area contributed by atoms with Crippen LogP contribution in [0.2, 0.25) is 0 Å². The SMILES string of the molecule is CC.S=c1[nH]nc(-c2[c-]nn3ccccc23)o1.[Y]. The van der Waals surface area contributed by atoms with Gasteiger partial charge in [-0.3, -0.25) is 5.10 Å². The maximum Gasteiger partial charge on any atom is 0.271 e. The van der Waals surface area contributed by atoms with Gasteiger partial charge >= 0.3 is 0 Å². The van der Waals surface area contributed by atoms with Gasteiger partial charge in [0.2, 0.25) is 0 Å². The molecule has 3 aromatic heterocycles. The van der Waals surface area contributed by atoms with Crippen LogP contribution in [0.25, 0.3) is 17.0 Å². The van der Waals surface area contributed by atoms with E-state index in [1.807, 2.05) is 38.2 Å². The molecule has 91 valence electrons. The second-order valence-electron chi connectivity index (χ2n) is 2.94. The van der Waals surface area contributed by atoms with Crippen LogP contribution < -0.4 is 0 Å². The van der Waals surface area contributed by atoms with Crippen LogP contribution in [-0.2, 0) is 32.7 Å². The molecule has 3 aromatic rings. The molecule has 3 rings (SSSR count). The van der Waals surface area contributed by atoms with Gasteiger partial charge in [0.15, 0.2) is 0 Å². The number of pyridine rings is 1. The molecular formula is C11H11N4OSY-. The van der Waals surface area contributed by atoms with Crippen LogP contribution in [0.4, 0.5) is 0 Å². The molecule has 0 saturated heterocycles. The molecule has 0 saturated carbocycles. The topological polar surface area (TPSA) is 59.1 Å². The number of nitrogens with zero attached hydrogens (tertiary/aromatic N) is 3. The summed E-state index contributed by atoms with van der Waals surface area (Å²) in [5.41, 5.74) is 1.57. The van der Waals surface area contributed by atoms with Crippen molar-refractivity contribution < 1.29 is 37.1 Å². The van der Waals surface area contributed by atoms with Gasteiger partial charge in [0.1, 0.15) is 5.89 Å². The first-order valence-corrected chi connectivity index (χ1v) is 5.66. The number of rotatable bonds is 1. The van der Waals surface area contributed by atoms with E-state index in [-0.39, 0.29) is 37.5 Å². The van der Waals surface area contributed by atoms with E-state index >= 15 is 0 Å². The average molecular weight is 336 g/mol. The third-order valence-electron chi connectivity index (χ3n) is 2.02. The summed E-state index contributed by atoms with van der Waals surface area (Å²) in [5.74, 6) is 0.404. The van der Waals surface area contributed by atoms with Crippen LogP contribution in [0.1, 0.15) is 13.8 Å². The summed E-state index contributed by atoms with van der Waals surface area (Å²) in [5, 5.41) is 10.5. The average Bonchev–Trinajstić information content (AvgIpc) is 2.97. The summed E-state index contributed by atoms with van der Waals surface area (Å²) in [6.45, 7) is 4.00. The van der Waals surface area contributed by atoms with Crippen LogP contribution in [0.5, 0.6) is 0 Å². The van der Waals surface area contributed by atoms with Gasteiger partial charge in [0, 0.05) is 38.9 Å². The van der Waals surface area contributed by atoms with E-state index in [4.69, 9.17) is 16.6 Å². The van der Waals surface area contributed by atoms with Crippen molar-refractivity contribution in [2.45, 2.75) is 13.8 Å². The van der Waals surface area contributed by atoms with Crippen molar-refractivity contribution in [1.82, 2.24) is 19.8 Å². The third-order valence-corrected chi connectivity index (χ3v) is 2.19. The summed E-state index contributed by atoms with van der Waals surface area (Å²) in [4.78, 5) is 0.244. The first-order chi connectivity index (χ1) is 8.34. The van der Waals surface area contributed by atoms with Gasteiger partial charge in [-0.1, -0.05) is 31.5 Å². The Labute approximate surface area is 134 Å². The predicted octanol–water partition coefficient (Wildman–Crippen LogP) is 2.87. The molecular weight excluding hydrogens is 325 g/mol. The van der Waals surface area contributed by atoms with Crippen LogP contribution in [0.3, 0.4) is 0 Å². The van der Waals surface area contributed by atoms with Crippen LogP contribution in [0, 0.1) is 11.0 Å². The van der Waals surface area contributed by atoms with E-state index in [2.05, 4.69) is 21.5 Å². The summed E-state index contributed by atoms with van der Waals surface area (Å²) in [7, 11) is 0. The molecule has 0 amide bonds. The molecule has 1 radical (unpaired) electrons. The summed E-state index contributed by atoms with van der Waals surface area (Å²) in [6, 6.07) is 5.71. The fraction of sp³-hybridized carbons (Fsp3) is 0.182. The van der Waals surface area contributed by atoms with Crippen molar-refractivity contribution in [2.24, 2.45) is 0 Å². The van der Waals surface area contributed by atoms with Crippen molar-refractivity contribution in [3.63, 3.8) is 0 Å². The first-order valence-electron chi connectivity index (χ1n) is 5.25. The molecule has 18 heavy (non-hydrogen) atoms. The van der Waals surface area contributed by atoms with Gasteiger partial charge in [-0.05, 0) is 30.0 Å². The van der Waals surface area contributed by atoms with Gasteiger partial charge < -0.3 is 8.93 Å². The molecule has 0 bridgehead atoms. The van der Waals surface area contributed by atoms with Gasteiger partial charge in [-0.25, -0.2) is 10.2 Å². The fourth-order valence-electron chi connectivity index (χ4n) is 1.37. The van der Waals surface area contributed by atoms with E-state index in [1.54, 1.807) is 4.52 Å². The van der Waals surface area contributed by atoms with Gasteiger partial charge in [-0.2, -0.15) is 0 Å². The quantitative estimate of drug-likeness (QED) is 0.548. The van der Waals surface area contributed by atoms with Crippen molar-refractivity contribution in [1.29, 1.82) is 0 Å². The second-order valence-corrected chi connectivity index (χ2v) is 3.31. The van der Waals surface area contributed by atoms with Gasteiger partial charge in [0.05, 0.1) is 0 Å². The largest absolute Gasteiger partial charge is 0.474 e. The minimum absolute atomic E-state index is 0. The predicted molar refractivity (Wildman–Crippen MR) is 66.1 cm³/mol. The standard InChI is InChI=1S/C9H5N4OS.C2H6.Y/c15-9-12-11-8(14-9)6-5-10-13-4-2-1-3-7(6)13;1-2;/h1-4H,(H,12,15);1-2H3;/q-1;;. The molecule has 0 unspecified atom stereocenters.